The van der Waals surface area contributed by atoms with E-state index in [0.29, 0.717) is 12.2 Å². The van der Waals surface area contributed by atoms with Crippen LogP contribution in [0.1, 0.15) is 44.5 Å². The molecule has 1 unspecified atom stereocenters. The van der Waals surface area contributed by atoms with Crippen LogP contribution in [0.15, 0.2) is 53.8 Å². The number of allylic oxidation sites excluding steroid dienone is 2. The molecular weight excluding hydrogens is 292 g/mol. The molecule has 1 N–H and O–H groups in total. The fraction of sp³-hybridized carbons (Fsp3) is 0.421. The maximum atomic E-state index is 12.5. The molecule has 4 heteroatoms. The summed E-state index contributed by atoms with van der Waals surface area (Å²) in [6, 6.07) is 8.90. The summed E-state index contributed by atoms with van der Waals surface area (Å²) in [5, 5.41) is 10.4. The summed E-state index contributed by atoms with van der Waals surface area (Å²) in [6.07, 6.45) is 3.43. The van der Waals surface area contributed by atoms with Crippen molar-refractivity contribution in [2.75, 3.05) is 6.61 Å². The minimum atomic E-state index is -1.04. The molecule has 0 saturated heterocycles. The van der Waals surface area contributed by atoms with E-state index in [0.717, 1.165) is 0 Å². The van der Waals surface area contributed by atoms with Gasteiger partial charge in [0, 0.05) is 12.2 Å². The molecule has 1 aromatic rings. The van der Waals surface area contributed by atoms with Crippen molar-refractivity contribution in [1.29, 1.82) is 0 Å². The van der Waals surface area contributed by atoms with Gasteiger partial charge in [-0.1, -0.05) is 30.3 Å². The van der Waals surface area contributed by atoms with Gasteiger partial charge in [-0.25, -0.2) is 0 Å². The molecule has 0 aromatic heterocycles. The molecule has 0 spiro atoms. The van der Waals surface area contributed by atoms with Crippen LogP contribution >= 0.6 is 0 Å². The molecule has 0 heterocycles. The van der Waals surface area contributed by atoms with E-state index in [2.05, 4.69) is 0 Å². The summed E-state index contributed by atoms with van der Waals surface area (Å²) in [7, 11) is 0. The van der Waals surface area contributed by atoms with Crippen LogP contribution < -0.4 is 0 Å². The van der Waals surface area contributed by atoms with Crippen molar-refractivity contribution < 1.29 is 19.4 Å². The largest absolute Gasteiger partial charge is 0.511 e. The first-order valence-electron chi connectivity index (χ1n) is 7.81. The van der Waals surface area contributed by atoms with Crippen molar-refractivity contribution >= 4 is 5.78 Å². The van der Waals surface area contributed by atoms with Gasteiger partial charge in [0.25, 0.3) is 0 Å². The first kappa shape index (κ1) is 17.4. The number of benzene rings is 1. The molecular formula is C19H24O4. The lowest BCUT2D eigenvalue weighted by Gasteiger charge is -2.38. The topological polar surface area (TPSA) is 55.8 Å². The highest BCUT2D eigenvalue weighted by Crippen LogP contribution is 2.34. The number of Topliss-reactive ketones (excluding diaryl/α,β-unsaturated/α-hetero) is 1. The lowest BCUT2D eigenvalue weighted by molar-refractivity contribution is -0.249. The highest BCUT2D eigenvalue weighted by molar-refractivity contribution is 6.11. The molecule has 0 saturated carbocycles. The van der Waals surface area contributed by atoms with Gasteiger partial charge in [0.2, 0.25) is 0 Å². The van der Waals surface area contributed by atoms with E-state index in [9.17, 15) is 9.90 Å². The van der Waals surface area contributed by atoms with Crippen molar-refractivity contribution in [3.63, 3.8) is 0 Å². The lowest BCUT2D eigenvalue weighted by Crippen LogP contribution is -2.42. The first-order valence-corrected chi connectivity index (χ1v) is 7.81. The van der Waals surface area contributed by atoms with Crippen LogP contribution in [-0.2, 0) is 9.47 Å². The Kier molecular flexibility index (Phi) is 5.07. The van der Waals surface area contributed by atoms with E-state index in [1.165, 1.54) is 0 Å². The molecule has 0 fully saturated rings. The molecule has 0 aliphatic heterocycles. The molecule has 1 aliphatic rings. The third-order valence-corrected chi connectivity index (χ3v) is 3.38. The molecule has 0 amide bonds. The second-order valence-corrected chi connectivity index (χ2v) is 6.52. The minimum absolute atomic E-state index is 0.0148. The summed E-state index contributed by atoms with van der Waals surface area (Å²) in [5.41, 5.74) is 0.379. The maximum absolute atomic E-state index is 12.5. The van der Waals surface area contributed by atoms with Crippen molar-refractivity contribution in [3.05, 3.63) is 59.4 Å². The molecule has 124 valence electrons. The van der Waals surface area contributed by atoms with Crippen molar-refractivity contribution in [2.24, 2.45) is 0 Å². The van der Waals surface area contributed by atoms with Crippen molar-refractivity contribution in [1.82, 2.24) is 0 Å². The number of ketones is 1. The number of carbonyl (C=O) groups is 1. The third kappa shape index (κ3) is 4.30. The molecule has 1 aromatic carbocycles. The highest BCUT2D eigenvalue weighted by atomic mass is 16.7. The second kappa shape index (κ2) is 6.69. The monoisotopic (exact) mass is 316 g/mol. The minimum Gasteiger partial charge on any atom is -0.511 e. The number of carbonyl (C=O) groups excluding carboxylic acids is 1. The van der Waals surface area contributed by atoms with E-state index in [4.69, 9.17) is 9.47 Å². The molecule has 4 nitrogen and oxygen atoms in total. The van der Waals surface area contributed by atoms with Gasteiger partial charge in [0.15, 0.2) is 11.6 Å². The van der Waals surface area contributed by atoms with E-state index in [1.54, 1.807) is 36.4 Å². The Morgan fingerprint density at radius 2 is 1.91 bits per heavy atom. The lowest BCUT2D eigenvalue weighted by atomic mass is 9.93. The van der Waals surface area contributed by atoms with Gasteiger partial charge < -0.3 is 14.6 Å². The van der Waals surface area contributed by atoms with Crippen LogP contribution in [0.2, 0.25) is 0 Å². The first-order chi connectivity index (χ1) is 10.8. The number of hydrogen-bond donors (Lipinski definition) is 1. The molecule has 1 atom stereocenters. The molecule has 0 bridgehead atoms. The Morgan fingerprint density at radius 3 is 2.43 bits per heavy atom. The predicted molar refractivity (Wildman–Crippen MR) is 89.4 cm³/mol. The number of rotatable bonds is 5. The van der Waals surface area contributed by atoms with Crippen LogP contribution in [0, 0.1) is 0 Å². The third-order valence-electron chi connectivity index (χ3n) is 3.38. The molecule has 2 rings (SSSR count). The Hall–Kier alpha value is -1.91. The number of aliphatic hydroxyl groups excluding tert-OH is 1. The van der Waals surface area contributed by atoms with E-state index < -0.39 is 11.4 Å². The summed E-state index contributed by atoms with van der Waals surface area (Å²) in [4.78, 5) is 12.5. The van der Waals surface area contributed by atoms with Crippen molar-refractivity contribution in [3.8, 4) is 0 Å². The normalized spacial score (nSPS) is 21.6. The van der Waals surface area contributed by atoms with E-state index in [1.807, 2.05) is 33.8 Å². The van der Waals surface area contributed by atoms with E-state index in [-0.39, 0.29) is 23.5 Å². The number of ether oxygens (including phenoxy) is 2. The van der Waals surface area contributed by atoms with Gasteiger partial charge in [0.05, 0.1) is 17.6 Å². The highest BCUT2D eigenvalue weighted by Gasteiger charge is 2.38. The summed E-state index contributed by atoms with van der Waals surface area (Å²) < 4.78 is 11.7. The average Bonchev–Trinajstić information content (AvgIpc) is 2.46. The molecule has 23 heavy (non-hydrogen) atoms. The van der Waals surface area contributed by atoms with Crippen LogP contribution in [-0.4, -0.2) is 28.9 Å². The zero-order valence-corrected chi connectivity index (χ0v) is 14.1. The van der Waals surface area contributed by atoms with E-state index >= 15 is 0 Å². The zero-order valence-electron chi connectivity index (χ0n) is 14.1. The summed E-state index contributed by atoms with van der Waals surface area (Å²) >= 11 is 0. The van der Waals surface area contributed by atoms with Crippen LogP contribution in [0.5, 0.6) is 0 Å². The van der Waals surface area contributed by atoms with Gasteiger partial charge in [-0.2, -0.15) is 0 Å². The average molecular weight is 316 g/mol. The van der Waals surface area contributed by atoms with Crippen LogP contribution in [0.4, 0.5) is 0 Å². The Morgan fingerprint density at radius 1 is 1.26 bits per heavy atom. The number of hydrogen-bond acceptors (Lipinski definition) is 4. The summed E-state index contributed by atoms with van der Waals surface area (Å²) in [6.45, 7) is 8.08. The second-order valence-electron chi connectivity index (χ2n) is 6.52. The zero-order chi connectivity index (χ0) is 17.1. The van der Waals surface area contributed by atoms with Gasteiger partial charge >= 0.3 is 0 Å². The maximum Gasteiger partial charge on any atom is 0.196 e. The predicted octanol–water partition coefficient (Wildman–Crippen LogP) is 4.19. The van der Waals surface area contributed by atoms with Crippen LogP contribution in [0.25, 0.3) is 0 Å². The Bertz CT molecular complexity index is 623. The quantitative estimate of drug-likeness (QED) is 0.654. The SMILES string of the molecule is CCOC1(OC(C)(C)C)C=CC(C(=O)c2ccccc2)=C(O)C1. The smallest absolute Gasteiger partial charge is 0.196 e. The van der Waals surface area contributed by atoms with Gasteiger partial charge in [-0.05, 0) is 39.8 Å². The van der Waals surface area contributed by atoms with Gasteiger partial charge in [0.1, 0.15) is 5.76 Å². The number of aliphatic hydroxyl groups is 1. The van der Waals surface area contributed by atoms with Crippen LogP contribution in [0.3, 0.4) is 0 Å². The standard InChI is InChI=1S/C19H24O4/c1-5-22-19(23-18(2,3)4)12-11-15(16(20)13-19)17(21)14-9-7-6-8-10-14/h6-12,20H,5,13H2,1-4H3. The Labute approximate surface area is 137 Å². The van der Waals surface area contributed by atoms with Gasteiger partial charge in [-0.15, -0.1) is 0 Å². The fourth-order valence-electron chi connectivity index (χ4n) is 2.61. The fourth-order valence-corrected chi connectivity index (χ4v) is 2.61. The summed E-state index contributed by atoms with van der Waals surface area (Å²) in [5.74, 6) is -1.27. The van der Waals surface area contributed by atoms with Gasteiger partial charge in [-0.3, -0.25) is 4.79 Å². The molecule has 1 aliphatic carbocycles. The van der Waals surface area contributed by atoms with Crippen molar-refractivity contribution in [2.45, 2.75) is 45.5 Å². The molecule has 0 radical (unpaired) electrons. The Balaban J connectivity index is 2.28.